The first-order chi connectivity index (χ1) is 13.0. The maximum Gasteiger partial charge on any atom is 0.338 e. The molecule has 1 atom stereocenters. The molecule has 0 saturated carbocycles. The van der Waals surface area contributed by atoms with Gasteiger partial charge in [0.25, 0.3) is 12.2 Å². The van der Waals surface area contributed by atoms with Gasteiger partial charge in [-0.2, -0.15) is 5.26 Å². The molecule has 1 aliphatic heterocycles. The molecular weight excluding hydrogens is 348 g/mol. The molecule has 0 fully saturated rings. The van der Waals surface area contributed by atoms with Gasteiger partial charge in [0.2, 0.25) is 0 Å². The fourth-order valence-electron chi connectivity index (χ4n) is 2.62. The van der Waals surface area contributed by atoms with Crippen LogP contribution in [0.5, 0.6) is 5.75 Å². The maximum atomic E-state index is 12.5. The fourth-order valence-corrected chi connectivity index (χ4v) is 2.62. The van der Waals surface area contributed by atoms with E-state index in [1.807, 2.05) is 6.07 Å². The maximum absolute atomic E-state index is 12.5. The van der Waals surface area contributed by atoms with E-state index in [-0.39, 0.29) is 19.1 Å². The molecule has 0 radical (unpaired) electrons. The van der Waals surface area contributed by atoms with Crippen LogP contribution in [0.15, 0.2) is 42.5 Å². The highest BCUT2D eigenvalue weighted by molar-refractivity contribution is 6.00. The fraction of sp³-hybridized carbons (Fsp3) is 0.250. The van der Waals surface area contributed by atoms with Crippen molar-refractivity contribution in [3.63, 3.8) is 0 Å². The third-order valence-corrected chi connectivity index (χ3v) is 4.08. The summed E-state index contributed by atoms with van der Waals surface area (Å²) in [5, 5.41) is 8.83. The van der Waals surface area contributed by atoms with Crippen LogP contribution in [-0.4, -0.2) is 31.8 Å². The van der Waals surface area contributed by atoms with Gasteiger partial charge in [-0.15, -0.1) is 0 Å². The van der Waals surface area contributed by atoms with Crippen molar-refractivity contribution < 1.29 is 23.8 Å². The lowest BCUT2D eigenvalue weighted by Gasteiger charge is -2.31. The van der Waals surface area contributed by atoms with Crippen molar-refractivity contribution in [2.45, 2.75) is 19.8 Å². The van der Waals surface area contributed by atoms with Crippen LogP contribution >= 0.6 is 0 Å². The molecule has 2 aromatic rings. The summed E-state index contributed by atoms with van der Waals surface area (Å²) in [6, 6.07) is 13.7. The average molecular weight is 366 g/mol. The van der Waals surface area contributed by atoms with E-state index in [1.54, 1.807) is 50.4 Å². The molecular formula is C20H18N2O5. The number of rotatable bonds is 5. The zero-order valence-corrected chi connectivity index (χ0v) is 15.0. The number of hydrogen-bond acceptors (Lipinski definition) is 6. The van der Waals surface area contributed by atoms with Gasteiger partial charge in [0.15, 0.2) is 0 Å². The monoisotopic (exact) mass is 366 g/mol. The highest BCUT2D eigenvalue weighted by Crippen LogP contribution is 2.34. The van der Waals surface area contributed by atoms with Gasteiger partial charge in [0.1, 0.15) is 5.75 Å². The van der Waals surface area contributed by atoms with Crippen LogP contribution in [0, 0.1) is 11.3 Å². The van der Waals surface area contributed by atoms with Gasteiger partial charge in [0.05, 0.1) is 36.1 Å². The number of esters is 1. The molecule has 0 N–H and O–H groups in total. The summed E-state index contributed by atoms with van der Waals surface area (Å²) in [6.45, 7) is 2.14. The van der Waals surface area contributed by atoms with E-state index in [4.69, 9.17) is 19.5 Å². The Bertz CT molecular complexity index is 902. The molecule has 138 valence electrons. The van der Waals surface area contributed by atoms with Crippen LogP contribution in [0.1, 0.15) is 28.4 Å². The second-order valence-corrected chi connectivity index (χ2v) is 5.87. The summed E-state index contributed by atoms with van der Waals surface area (Å²) in [7, 11) is 1.62. The third kappa shape index (κ3) is 3.91. The predicted molar refractivity (Wildman–Crippen MR) is 96.2 cm³/mol. The lowest BCUT2D eigenvalue weighted by atomic mass is 10.1. The Labute approximate surface area is 156 Å². The summed E-state index contributed by atoms with van der Waals surface area (Å²) < 4.78 is 16.3. The van der Waals surface area contributed by atoms with Crippen LogP contribution in [0.2, 0.25) is 0 Å². The van der Waals surface area contributed by atoms with Gasteiger partial charge >= 0.3 is 5.97 Å². The van der Waals surface area contributed by atoms with Crippen molar-refractivity contribution in [1.29, 1.82) is 5.26 Å². The summed E-state index contributed by atoms with van der Waals surface area (Å²) >= 11 is 0. The summed E-state index contributed by atoms with van der Waals surface area (Å²) in [6.07, 6.45) is -1.13. The Hall–Kier alpha value is -3.37. The number of nitriles is 1. The molecule has 3 rings (SSSR count). The van der Waals surface area contributed by atoms with Gasteiger partial charge in [-0.3, -0.25) is 4.79 Å². The quantitative estimate of drug-likeness (QED) is 0.756. The number of ether oxygens (including phenoxy) is 3. The highest BCUT2D eigenvalue weighted by atomic mass is 16.7. The predicted octanol–water partition coefficient (Wildman–Crippen LogP) is 2.63. The van der Waals surface area contributed by atoms with Crippen molar-refractivity contribution in [2.75, 3.05) is 18.6 Å². The molecule has 1 unspecified atom stereocenters. The van der Waals surface area contributed by atoms with E-state index >= 15 is 0 Å². The van der Waals surface area contributed by atoms with Crippen LogP contribution in [0.3, 0.4) is 0 Å². The zero-order valence-electron chi connectivity index (χ0n) is 15.0. The van der Waals surface area contributed by atoms with Gasteiger partial charge in [0, 0.05) is 7.05 Å². The molecule has 27 heavy (non-hydrogen) atoms. The largest absolute Gasteiger partial charge is 0.462 e. The Balaban J connectivity index is 1.75. The standard InChI is InChI=1S/C20H18N2O5/c1-3-25-19(24)15-8-9-16-17(10-15)27-20(18(23)22(16)2)26-12-14-6-4-13(11-21)5-7-14/h4-10,20H,3,12H2,1-2H3. The normalized spacial score (nSPS) is 15.5. The Morgan fingerprint density at radius 3 is 2.67 bits per heavy atom. The van der Waals surface area contributed by atoms with E-state index in [0.29, 0.717) is 22.6 Å². The number of carbonyl (C=O) groups excluding carboxylic acids is 2. The lowest BCUT2D eigenvalue weighted by Crippen LogP contribution is -2.45. The van der Waals surface area contributed by atoms with Gasteiger partial charge in [-0.25, -0.2) is 4.79 Å². The van der Waals surface area contributed by atoms with E-state index < -0.39 is 12.3 Å². The third-order valence-electron chi connectivity index (χ3n) is 4.08. The number of hydrogen-bond donors (Lipinski definition) is 0. The molecule has 7 heteroatoms. The Morgan fingerprint density at radius 1 is 1.26 bits per heavy atom. The van der Waals surface area contributed by atoms with Crippen molar-refractivity contribution in [3.05, 3.63) is 59.2 Å². The second-order valence-electron chi connectivity index (χ2n) is 5.87. The van der Waals surface area contributed by atoms with Crippen LogP contribution in [-0.2, 0) is 20.9 Å². The smallest absolute Gasteiger partial charge is 0.338 e. The minimum absolute atomic E-state index is 0.142. The number of carbonyl (C=O) groups is 2. The van der Waals surface area contributed by atoms with E-state index in [9.17, 15) is 9.59 Å². The van der Waals surface area contributed by atoms with Crippen molar-refractivity contribution in [3.8, 4) is 11.8 Å². The van der Waals surface area contributed by atoms with E-state index in [2.05, 4.69) is 0 Å². The molecule has 2 aromatic carbocycles. The molecule has 0 saturated heterocycles. The zero-order chi connectivity index (χ0) is 19.4. The number of anilines is 1. The van der Waals surface area contributed by atoms with Crippen LogP contribution in [0.25, 0.3) is 0 Å². The Morgan fingerprint density at radius 2 is 2.00 bits per heavy atom. The molecule has 0 bridgehead atoms. The lowest BCUT2D eigenvalue weighted by molar-refractivity contribution is -0.153. The summed E-state index contributed by atoms with van der Waals surface area (Å²) in [5.41, 5.74) is 2.23. The minimum Gasteiger partial charge on any atom is -0.462 e. The van der Waals surface area contributed by atoms with Gasteiger partial charge in [-0.1, -0.05) is 12.1 Å². The number of nitrogens with zero attached hydrogens (tertiary/aromatic N) is 2. The molecule has 7 nitrogen and oxygen atoms in total. The first kappa shape index (κ1) is 18.4. The molecule has 1 aliphatic rings. The van der Waals surface area contributed by atoms with E-state index in [0.717, 1.165) is 5.56 Å². The molecule has 1 amide bonds. The first-order valence-corrected chi connectivity index (χ1v) is 8.39. The number of likely N-dealkylation sites (N-methyl/N-ethyl adjacent to an activating group) is 1. The van der Waals surface area contributed by atoms with Crippen molar-refractivity contribution in [2.24, 2.45) is 0 Å². The van der Waals surface area contributed by atoms with E-state index in [1.165, 1.54) is 11.0 Å². The highest BCUT2D eigenvalue weighted by Gasteiger charge is 2.33. The van der Waals surface area contributed by atoms with Gasteiger partial charge in [-0.05, 0) is 42.8 Å². The molecule has 1 heterocycles. The Kier molecular flexibility index (Phi) is 5.38. The number of benzene rings is 2. The summed E-state index contributed by atoms with van der Waals surface area (Å²) in [5.74, 6) is -0.439. The van der Waals surface area contributed by atoms with Gasteiger partial charge < -0.3 is 19.1 Å². The topological polar surface area (TPSA) is 88.9 Å². The average Bonchev–Trinajstić information content (AvgIpc) is 2.69. The van der Waals surface area contributed by atoms with Crippen LogP contribution in [0.4, 0.5) is 5.69 Å². The first-order valence-electron chi connectivity index (χ1n) is 8.39. The van der Waals surface area contributed by atoms with Crippen LogP contribution < -0.4 is 9.64 Å². The number of amides is 1. The number of fused-ring (bicyclic) bond motifs is 1. The van der Waals surface area contributed by atoms with Crippen molar-refractivity contribution >= 4 is 17.6 Å². The summed E-state index contributed by atoms with van der Waals surface area (Å²) in [4.78, 5) is 25.8. The SMILES string of the molecule is CCOC(=O)c1ccc2c(c1)OC(OCc1ccc(C#N)cc1)C(=O)N2C. The molecule has 0 aromatic heterocycles. The van der Waals surface area contributed by atoms with Crippen molar-refractivity contribution in [1.82, 2.24) is 0 Å². The minimum atomic E-state index is -1.13. The second kappa shape index (κ2) is 7.89. The molecule has 0 spiro atoms. The molecule has 0 aliphatic carbocycles.